The number of hydrogen-bond acceptors (Lipinski definition) is 2. The highest BCUT2D eigenvalue weighted by atomic mass is 14.9. The van der Waals surface area contributed by atoms with Gasteiger partial charge in [-0.05, 0) is 48.4 Å². The zero-order chi connectivity index (χ0) is 12.3. The average Bonchev–Trinajstić information content (AvgIpc) is 2.89. The van der Waals surface area contributed by atoms with Gasteiger partial charge in [0.1, 0.15) is 0 Å². The van der Waals surface area contributed by atoms with Gasteiger partial charge in [-0.25, -0.2) is 0 Å². The molecule has 0 bridgehead atoms. The fourth-order valence-electron chi connectivity index (χ4n) is 2.31. The lowest BCUT2D eigenvalue weighted by molar-refractivity contribution is 0.519. The summed E-state index contributed by atoms with van der Waals surface area (Å²) in [7, 11) is 0. The monoisotopic (exact) mass is 232 g/mol. The molecular formula is C15H24N2. The molecule has 0 radical (unpaired) electrons. The molecule has 1 saturated carbocycles. The maximum Gasteiger partial charge on any atom is 0.0205 e. The van der Waals surface area contributed by atoms with Gasteiger partial charge in [-0.15, -0.1) is 0 Å². The van der Waals surface area contributed by atoms with Crippen LogP contribution in [0.2, 0.25) is 0 Å². The Bertz CT molecular complexity index is 354. The summed E-state index contributed by atoms with van der Waals surface area (Å²) in [6, 6.07) is 8.78. The van der Waals surface area contributed by atoms with E-state index < -0.39 is 0 Å². The molecule has 1 atom stereocenters. The number of nitrogens with one attached hydrogen (secondary N) is 1. The van der Waals surface area contributed by atoms with Crippen LogP contribution in [0.5, 0.6) is 0 Å². The molecule has 17 heavy (non-hydrogen) atoms. The van der Waals surface area contributed by atoms with Crippen molar-refractivity contribution in [1.82, 2.24) is 5.32 Å². The van der Waals surface area contributed by atoms with E-state index in [0.717, 1.165) is 32.0 Å². The Morgan fingerprint density at radius 2 is 1.82 bits per heavy atom. The predicted molar refractivity (Wildman–Crippen MR) is 72.8 cm³/mol. The van der Waals surface area contributed by atoms with Crippen LogP contribution in [0.3, 0.4) is 0 Å². The quantitative estimate of drug-likeness (QED) is 0.790. The molecule has 2 nitrogen and oxygen atoms in total. The molecule has 1 aromatic rings. The van der Waals surface area contributed by atoms with E-state index in [1.165, 1.54) is 17.5 Å². The number of benzene rings is 1. The van der Waals surface area contributed by atoms with Crippen LogP contribution in [0.1, 0.15) is 31.4 Å². The normalized spacial score (nSPS) is 21.5. The molecule has 0 aromatic heterocycles. The fourth-order valence-corrected chi connectivity index (χ4v) is 2.31. The zero-order valence-electron chi connectivity index (χ0n) is 11.0. The van der Waals surface area contributed by atoms with Crippen molar-refractivity contribution in [1.29, 1.82) is 0 Å². The molecule has 2 heteroatoms. The second-order valence-electron chi connectivity index (χ2n) is 5.88. The lowest BCUT2D eigenvalue weighted by atomic mass is 10.1. The number of nitrogens with two attached hydrogens (primary N) is 1. The van der Waals surface area contributed by atoms with Gasteiger partial charge in [-0.1, -0.05) is 38.1 Å². The first-order valence-electron chi connectivity index (χ1n) is 6.60. The molecule has 0 aliphatic heterocycles. The van der Waals surface area contributed by atoms with Crippen LogP contribution in [-0.4, -0.2) is 13.1 Å². The molecular weight excluding hydrogens is 208 g/mol. The Kier molecular flexibility index (Phi) is 3.85. The van der Waals surface area contributed by atoms with Crippen LogP contribution >= 0.6 is 0 Å². The van der Waals surface area contributed by atoms with Crippen molar-refractivity contribution < 1.29 is 0 Å². The van der Waals surface area contributed by atoms with Crippen molar-refractivity contribution in [2.75, 3.05) is 13.1 Å². The van der Waals surface area contributed by atoms with E-state index in [4.69, 9.17) is 5.73 Å². The highest BCUT2D eigenvalue weighted by Crippen LogP contribution is 2.50. The molecule has 1 unspecified atom stereocenters. The molecule has 1 fully saturated rings. The zero-order valence-corrected chi connectivity index (χ0v) is 11.0. The van der Waals surface area contributed by atoms with Crippen molar-refractivity contribution in [3.05, 3.63) is 35.4 Å². The minimum absolute atomic E-state index is 0.581. The fraction of sp³-hybridized carbons (Fsp3) is 0.600. The van der Waals surface area contributed by atoms with Gasteiger partial charge in [0.2, 0.25) is 0 Å². The topological polar surface area (TPSA) is 38.0 Å². The van der Waals surface area contributed by atoms with E-state index in [1.807, 2.05) is 0 Å². The predicted octanol–water partition coefficient (Wildman–Crippen LogP) is 2.32. The van der Waals surface area contributed by atoms with Gasteiger partial charge in [-0.2, -0.15) is 0 Å². The van der Waals surface area contributed by atoms with Gasteiger partial charge < -0.3 is 11.1 Å². The van der Waals surface area contributed by atoms with Gasteiger partial charge >= 0.3 is 0 Å². The third-order valence-corrected chi connectivity index (χ3v) is 3.89. The van der Waals surface area contributed by atoms with Gasteiger partial charge in [0, 0.05) is 6.54 Å². The smallest absolute Gasteiger partial charge is 0.0205 e. The molecule has 3 N–H and O–H groups in total. The lowest BCUT2D eigenvalue weighted by Crippen LogP contribution is -2.18. The first-order valence-corrected chi connectivity index (χ1v) is 6.60. The van der Waals surface area contributed by atoms with E-state index in [1.54, 1.807) is 0 Å². The largest absolute Gasteiger partial charge is 0.330 e. The molecule has 1 aliphatic carbocycles. The highest BCUT2D eigenvalue weighted by molar-refractivity contribution is 5.22. The summed E-state index contributed by atoms with van der Waals surface area (Å²) in [4.78, 5) is 0. The summed E-state index contributed by atoms with van der Waals surface area (Å²) in [5.74, 6) is 0.874. The van der Waals surface area contributed by atoms with E-state index >= 15 is 0 Å². The first-order chi connectivity index (χ1) is 8.12. The van der Waals surface area contributed by atoms with Crippen LogP contribution in [0.15, 0.2) is 24.3 Å². The summed E-state index contributed by atoms with van der Waals surface area (Å²) in [5, 5.41) is 3.55. The Balaban J connectivity index is 1.72. The van der Waals surface area contributed by atoms with Crippen molar-refractivity contribution in [2.45, 2.75) is 33.2 Å². The van der Waals surface area contributed by atoms with Crippen molar-refractivity contribution in [3.8, 4) is 0 Å². The number of rotatable bonds is 6. The summed E-state index contributed by atoms with van der Waals surface area (Å²) >= 11 is 0. The Hall–Kier alpha value is -0.860. The SMILES string of the molecule is CC1(C)CC1CNCc1ccc(CCN)cc1. The summed E-state index contributed by atoms with van der Waals surface area (Å²) in [6.07, 6.45) is 2.35. The number of hydrogen-bond donors (Lipinski definition) is 2. The first kappa shape index (κ1) is 12.6. The molecule has 1 aliphatic rings. The second kappa shape index (κ2) is 5.19. The minimum atomic E-state index is 0.581. The second-order valence-corrected chi connectivity index (χ2v) is 5.88. The Morgan fingerprint density at radius 3 is 2.35 bits per heavy atom. The third-order valence-electron chi connectivity index (χ3n) is 3.89. The maximum absolute atomic E-state index is 5.53. The van der Waals surface area contributed by atoms with Gasteiger partial charge in [-0.3, -0.25) is 0 Å². The lowest BCUT2D eigenvalue weighted by Gasteiger charge is -2.07. The van der Waals surface area contributed by atoms with E-state index in [0.29, 0.717) is 5.41 Å². The highest BCUT2D eigenvalue weighted by Gasteiger charge is 2.44. The van der Waals surface area contributed by atoms with Crippen molar-refractivity contribution in [2.24, 2.45) is 17.1 Å². The van der Waals surface area contributed by atoms with E-state index in [2.05, 4.69) is 43.4 Å². The molecule has 1 aromatic carbocycles. The molecule has 0 spiro atoms. The van der Waals surface area contributed by atoms with Gasteiger partial charge in [0.25, 0.3) is 0 Å². The van der Waals surface area contributed by atoms with E-state index in [9.17, 15) is 0 Å². The van der Waals surface area contributed by atoms with Crippen molar-refractivity contribution >= 4 is 0 Å². The van der Waals surface area contributed by atoms with E-state index in [-0.39, 0.29) is 0 Å². The third kappa shape index (κ3) is 3.55. The van der Waals surface area contributed by atoms with Crippen LogP contribution in [0.4, 0.5) is 0 Å². The van der Waals surface area contributed by atoms with Crippen LogP contribution in [0.25, 0.3) is 0 Å². The summed E-state index contributed by atoms with van der Waals surface area (Å²) < 4.78 is 0. The molecule has 0 amide bonds. The van der Waals surface area contributed by atoms with Crippen LogP contribution in [-0.2, 0) is 13.0 Å². The minimum Gasteiger partial charge on any atom is -0.330 e. The average molecular weight is 232 g/mol. The maximum atomic E-state index is 5.53. The van der Waals surface area contributed by atoms with Gasteiger partial charge in [0.15, 0.2) is 0 Å². The molecule has 2 rings (SSSR count). The van der Waals surface area contributed by atoms with Gasteiger partial charge in [0.05, 0.1) is 0 Å². The Labute approximate surface area is 105 Å². The standard InChI is InChI=1S/C15H24N2/c1-15(2)9-14(15)11-17-10-13-5-3-12(4-6-13)7-8-16/h3-6,14,17H,7-11,16H2,1-2H3. The van der Waals surface area contributed by atoms with Crippen LogP contribution < -0.4 is 11.1 Å². The Morgan fingerprint density at radius 1 is 1.24 bits per heavy atom. The molecule has 0 heterocycles. The molecule has 0 saturated heterocycles. The summed E-state index contributed by atoms with van der Waals surface area (Å²) in [6.45, 7) is 7.56. The van der Waals surface area contributed by atoms with Crippen LogP contribution in [0, 0.1) is 11.3 Å². The van der Waals surface area contributed by atoms with Crippen molar-refractivity contribution in [3.63, 3.8) is 0 Å². The molecule has 94 valence electrons. The summed E-state index contributed by atoms with van der Waals surface area (Å²) in [5.41, 5.74) is 8.81.